The Morgan fingerprint density at radius 1 is 1.07 bits per heavy atom. The Morgan fingerprint density at radius 2 is 1.83 bits per heavy atom. The lowest BCUT2D eigenvalue weighted by Gasteiger charge is -2.18. The third-order valence-corrected chi connectivity index (χ3v) is 7.67. The maximum absolute atomic E-state index is 13.6. The summed E-state index contributed by atoms with van der Waals surface area (Å²) in [5.41, 5.74) is 1.10. The number of hydrogen-bond donors (Lipinski definition) is 0. The van der Waals surface area contributed by atoms with Gasteiger partial charge in [0.15, 0.2) is 23.4 Å². The van der Waals surface area contributed by atoms with Gasteiger partial charge in [0, 0.05) is 10.0 Å². The predicted molar refractivity (Wildman–Crippen MR) is 159 cm³/mol. The number of fused-ring (bicyclic) bond motifs is 2. The molecular weight excluding hydrogens is 618 g/mol. The summed E-state index contributed by atoms with van der Waals surface area (Å²) in [6.45, 7) is 1.53. The molecule has 5 rings (SSSR count). The lowest BCUT2D eigenvalue weighted by Crippen LogP contribution is -2.25. The molecule has 0 bridgehead atoms. The molecule has 1 atom stereocenters. The number of ether oxygens (including phenoxy) is 4. The number of para-hydroxylation sites is 1. The zero-order valence-corrected chi connectivity index (χ0v) is 24.6. The van der Waals surface area contributed by atoms with Crippen LogP contribution in [0, 0.1) is 0 Å². The fraction of sp³-hybridized carbons (Fsp3) is 0.172. The zero-order chi connectivity index (χ0) is 29.3. The van der Waals surface area contributed by atoms with Crippen molar-refractivity contribution >= 4 is 61.6 Å². The minimum atomic E-state index is -0.940. The van der Waals surface area contributed by atoms with Crippen molar-refractivity contribution in [3.63, 3.8) is 0 Å². The van der Waals surface area contributed by atoms with Gasteiger partial charge in [0.2, 0.25) is 5.82 Å². The Hall–Kier alpha value is -4.35. The van der Waals surface area contributed by atoms with Gasteiger partial charge in [0.25, 0.3) is 5.56 Å². The van der Waals surface area contributed by atoms with E-state index in [0.717, 1.165) is 10.1 Å². The summed E-state index contributed by atoms with van der Waals surface area (Å²) < 4.78 is 29.0. The number of carbonyl (C=O) groups is 1. The standard InChI is InChI=1S/C29H23BrClN3O7/c1-15(29(36)39-4)40-26-22(38-3)12-16(24(30)25(26)31)14-32-34-27(33-19-9-6-5-8-17(19)28(34)35)23-13-18-20(37-2)10-7-11-21(18)41-23/h5-15H,1-4H3/t15-/m1/s1. The number of halogens is 2. The van der Waals surface area contributed by atoms with Crippen molar-refractivity contribution in [3.05, 3.63) is 80.0 Å². The molecule has 0 aliphatic rings. The molecular formula is C29H23BrClN3O7. The SMILES string of the molecule is COC(=O)[C@@H](C)Oc1c(OC)cc(C=Nn2c(-c3cc4c(OC)cccc4o3)nc3ccccc3c2=O)c(Br)c1Cl. The highest BCUT2D eigenvalue weighted by Gasteiger charge is 2.23. The van der Waals surface area contributed by atoms with E-state index in [1.165, 1.54) is 27.4 Å². The van der Waals surface area contributed by atoms with Crippen LogP contribution in [0.25, 0.3) is 33.5 Å². The van der Waals surface area contributed by atoms with Crippen molar-refractivity contribution in [2.75, 3.05) is 21.3 Å². The van der Waals surface area contributed by atoms with Gasteiger partial charge in [-0.3, -0.25) is 4.79 Å². The van der Waals surface area contributed by atoms with E-state index in [-0.39, 0.29) is 22.3 Å². The first-order chi connectivity index (χ1) is 19.8. The van der Waals surface area contributed by atoms with Gasteiger partial charge in [-0.2, -0.15) is 9.78 Å². The van der Waals surface area contributed by atoms with Gasteiger partial charge in [-0.25, -0.2) is 9.78 Å². The first kappa shape index (κ1) is 28.2. The Morgan fingerprint density at radius 3 is 2.56 bits per heavy atom. The summed E-state index contributed by atoms with van der Waals surface area (Å²) in [5, 5.41) is 5.72. The molecule has 41 heavy (non-hydrogen) atoms. The van der Waals surface area contributed by atoms with Crippen LogP contribution in [0.15, 0.2) is 73.4 Å². The summed E-state index contributed by atoms with van der Waals surface area (Å²) in [6.07, 6.45) is 0.487. The van der Waals surface area contributed by atoms with Crippen LogP contribution in [-0.4, -0.2) is 49.3 Å². The van der Waals surface area contributed by atoms with Crippen molar-refractivity contribution in [2.24, 2.45) is 5.10 Å². The molecule has 2 aromatic heterocycles. The third-order valence-electron chi connectivity index (χ3n) is 6.23. The van der Waals surface area contributed by atoms with Crippen molar-refractivity contribution < 1.29 is 28.2 Å². The lowest BCUT2D eigenvalue weighted by molar-refractivity contribution is -0.147. The second kappa shape index (κ2) is 11.6. The molecule has 0 radical (unpaired) electrons. The van der Waals surface area contributed by atoms with Crippen LogP contribution < -0.4 is 19.8 Å². The average Bonchev–Trinajstić information content (AvgIpc) is 3.43. The van der Waals surface area contributed by atoms with Crippen LogP contribution in [-0.2, 0) is 9.53 Å². The quantitative estimate of drug-likeness (QED) is 0.148. The molecule has 5 aromatic rings. The maximum Gasteiger partial charge on any atom is 0.346 e. The topological polar surface area (TPSA) is 114 Å². The van der Waals surface area contributed by atoms with Crippen LogP contribution in [0.5, 0.6) is 17.2 Å². The molecule has 210 valence electrons. The van der Waals surface area contributed by atoms with Gasteiger partial charge in [-0.1, -0.05) is 29.8 Å². The number of carbonyl (C=O) groups excluding carboxylic acids is 1. The van der Waals surface area contributed by atoms with Crippen LogP contribution in [0.3, 0.4) is 0 Å². The number of nitrogens with zero attached hydrogens (tertiary/aromatic N) is 3. The molecule has 12 heteroatoms. The summed E-state index contributed by atoms with van der Waals surface area (Å²) in [4.78, 5) is 30.2. The third kappa shape index (κ3) is 5.25. The van der Waals surface area contributed by atoms with Gasteiger partial charge in [0.05, 0.1) is 43.8 Å². The summed E-state index contributed by atoms with van der Waals surface area (Å²) in [7, 11) is 4.26. The molecule has 3 aromatic carbocycles. The van der Waals surface area contributed by atoms with Crippen molar-refractivity contribution in [1.29, 1.82) is 0 Å². The second-order valence-electron chi connectivity index (χ2n) is 8.71. The normalized spacial score (nSPS) is 12.1. The van der Waals surface area contributed by atoms with E-state index >= 15 is 0 Å². The second-order valence-corrected chi connectivity index (χ2v) is 9.88. The molecule has 0 fully saturated rings. The van der Waals surface area contributed by atoms with Gasteiger partial charge >= 0.3 is 5.97 Å². The van der Waals surface area contributed by atoms with E-state index in [9.17, 15) is 9.59 Å². The highest BCUT2D eigenvalue weighted by molar-refractivity contribution is 9.10. The van der Waals surface area contributed by atoms with Crippen LogP contribution in [0.2, 0.25) is 5.02 Å². The molecule has 0 N–H and O–H groups in total. The predicted octanol–water partition coefficient (Wildman–Crippen LogP) is 6.07. The van der Waals surface area contributed by atoms with Gasteiger partial charge in [-0.05, 0) is 59.3 Å². The fourth-order valence-electron chi connectivity index (χ4n) is 4.18. The van der Waals surface area contributed by atoms with E-state index in [4.69, 9.17) is 39.9 Å². The average molecular weight is 641 g/mol. The first-order valence-electron chi connectivity index (χ1n) is 12.2. The van der Waals surface area contributed by atoms with Crippen molar-refractivity contribution in [1.82, 2.24) is 9.66 Å². The molecule has 0 amide bonds. The molecule has 0 aliphatic heterocycles. The summed E-state index contributed by atoms with van der Waals surface area (Å²) in [6, 6.07) is 15.7. The Kier molecular flexibility index (Phi) is 8.00. The van der Waals surface area contributed by atoms with Crippen LogP contribution in [0.4, 0.5) is 0 Å². The Labute approximate surface area is 247 Å². The van der Waals surface area contributed by atoms with E-state index < -0.39 is 17.6 Å². The largest absolute Gasteiger partial charge is 0.496 e. The van der Waals surface area contributed by atoms with Gasteiger partial charge < -0.3 is 23.4 Å². The number of esters is 1. The lowest BCUT2D eigenvalue weighted by atomic mass is 10.2. The van der Waals surface area contributed by atoms with Gasteiger partial charge in [0.1, 0.15) is 16.4 Å². The molecule has 0 saturated carbocycles. The van der Waals surface area contributed by atoms with E-state index in [1.807, 2.05) is 12.1 Å². The highest BCUT2D eigenvalue weighted by atomic mass is 79.9. The van der Waals surface area contributed by atoms with E-state index in [1.54, 1.807) is 49.6 Å². The Bertz CT molecular complexity index is 1880. The smallest absolute Gasteiger partial charge is 0.346 e. The van der Waals surface area contributed by atoms with Gasteiger partial charge in [-0.15, -0.1) is 0 Å². The number of hydrogen-bond acceptors (Lipinski definition) is 9. The summed E-state index contributed by atoms with van der Waals surface area (Å²) >= 11 is 10.1. The van der Waals surface area contributed by atoms with Crippen LogP contribution in [0.1, 0.15) is 12.5 Å². The number of rotatable bonds is 8. The fourth-order valence-corrected chi connectivity index (χ4v) is 4.83. The maximum atomic E-state index is 13.6. The number of aromatic nitrogens is 2. The number of furan rings is 1. The minimum Gasteiger partial charge on any atom is -0.496 e. The monoisotopic (exact) mass is 639 g/mol. The van der Waals surface area contributed by atoms with Crippen LogP contribution >= 0.6 is 27.5 Å². The highest BCUT2D eigenvalue weighted by Crippen LogP contribution is 2.42. The molecule has 2 heterocycles. The first-order valence-corrected chi connectivity index (χ1v) is 13.4. The molecule has 0 spiro atoms. The molecule has 0 unspecified atom stereocenters. The molecule has 0 saturated heterocycles. The number of methoxy groups -OCH3 is 3. The Balaban J connectivity index is 1.65. The van der Waals surface area contributed by atoms with Crippen molar-refractivity contribution in [2.45, 2.75) is 13.0 Å². The van der Waals surface area contributed by atoms with E-state index in [0.29, 0.717) is 38.0 Å². The molecule has 0 aliphatic carbocycles. The number of benzene rings is 3. The summed E-state index contributed by atoms with van der Waals surface area (Å²) in [5.74, 6) is 0.916. The molecule has 10 nitrogen and oxygen atoms in total. The van der Waals surface area contributed by atoms with Crippen molar-refractivity contribution in [3.8, 4) is 28.8 Å². The minimum absolute atomic E-state index is 0.134. The zero-order valence-electron chi connectivity index (χ0n) is 22.3. The van der Waals surface area contributed by atoms with E-state index in [2.05, 4.69) is 21.0 Å².